The second-order valence-corrected chi connectivity index (χ2v) is 4.74. The van der Waals surface area contributed by atoms with Crippen molar-refractivity contribution in [3.05, 3.63) is 29.8 Å². The van der Waals surface area contributed by atoms with Crippen LogP contribution >= 0.6 is 0 Å². The summed E-state index contributed by atoms with van der Waals surface area (Å²) in [7, 11) is 0. The highest BCUT2D eigenvalue weighted by Crippen LogP contribution is 2.34. The molecule has 18 heavy (non-hydrogen) atoms. The first-order chi connectivity index (χ1) is 8.44. The van der Waals surface area contributed by atoms with Gasteiger partial charge in [0, 0.05) is 6.04 Å². The molecule has 0 aliphatic heterocycles. The summed E-state index contributed by atoms with van der Waals surface area (Å²) in [6.07, 6.45) is -0.814. The molecule has 0 radical (unpaired) electrons. The van der Waals surface area contributed by atoms with Crippen molar-refractivity contribution in [2.24, 2.45) is 5.73 Å². The van der Waals surface area contributed by atoms with Crippen LogP contribution in [-0.2, 0) is 0 Å². The van der Waals surface area contributed by atoms with E-state index in [-0.39, 0.29) is 17.7 Å². The average Bonchev–Trinajstić information content (AvgIpc) is 2.27. The maximum absolute atomic E-state index is 12.1. The molecule has 0 heterocycles. The fourth-order valence-electron chi connectivity index (χ4n) is 2.50. The van der Waals surface area contributed by atoms with Crippen LogP contribution in [0.2, 0.25) is 0 Å². The molecule has 0 saturated heterocycles. The van der Waals surface area contributed by atoms with Gasteiger partial charge >= 0.3 is 6.36 Å². The number of halogens is 3. The number of hydrogen-bond donors (Lipinski definition) is 1. The predicted molar refractivity (Wildman–Crippen MR) is 62.3 cm³/mol. The van der Waals surface area contributed by atoms with Crippen molar-refractivity contribution in [2.45, 2.75) is 44.0 Å². The summed E-state index contributed by atoms with van der Waals surface area (Å²) in [5.74, 6) is 0.0877. The molecule has 0 bridgehead atoms. The molecule has 2 rings (SSSR count). The van der Waals surface area contributed by atoms with Crippen LogP contribution < -0.4 is 10.5 Å². The zero-order chi connectivity index (χ0) is 13.2. The van der Waals surface area contributed by atoms with Gasteiger partial charge in [0.2, 0.25) is 0 Å². The van der Waals surface area contributed by atoms with Crippen molar-refractivity contribution < 1.29 is 17.9 Å². The summed E-state index contributed by atoms with van der Waals surface area (Å²) in [4.78, 5) is 0. The highest BCUT2D eigenvalue weighted by Gasteiger charge is 2.31. The summed E-state index contributed by atoms with van der Waals surface area (Å²) in [5.41, 5.74) is 6.77. The first-order valence-corrected chi connectivity index (χ1v) is 6.05. The normalized spacial score (nSPS) is 24.9. The lowest BCUT2D eigenvalue weighted by molar-refractivity contribution is -0.274. The average molecular weight is 259 g/mol. The molecule has 1 fully saturated rings. The van der Waals surface area contributed by atoms with E-state index in [0.29, 0.717) is 0 Å². The minimum absolute atomic E-state index is 0.149. The summed E-state index contributed by atoms with van der Waals surface area (Å²) in [6.45, 7) is 0. The minimum Gasteiger partial charge on any atom is -0.406 e. The Balaban J connectivity index is 2.11. The number of alkyl halides is 3. The summed E-state index contributed by atoms with van der Waals surface area (Å²) in [6, 6.07) is 6.37. The third-order valence-electron chi connectivity index (χ3n) is 3.28. The molecule has 1 aromatic rings. The second kappa shape index (κ2) is 5.18. The Bertz CT molecular complexity index is 405. The molecule has 0 unspecified atom stereocenters. The van der Waals surface area contributed by atoms with E-state index in [0.717, 1.165) is 31.2 Å². The summed E-state index contributed by atoms with van der Waals surface area (Å²) in [5, 5.41) is 0. The van der Waals surface area contributed by atoms with Gasteiger partial charge in [-0.2, -0.15) is 0 Å². The lowest BCUT2D eigenvalue weighted by Gasteiger charge is -2.27. The van der Waals surface area contributed by atoms with Crippen molar-refractivity contribution in [1.29, 1.82) is 0 Å². The molecule has 1 saturated carbocycles. The highest BCUT2D eigenvalue weighted by molar-refractivity contribution is 5.31. The van der Waals surface area contributed by atoms with Gasteiger partial charge in [-0.15, -0.1) is 13.2 Å². The van der Waals surface area contributed by atoms with Crippen LogP contribution in [0.15, 0.2) is 24.3 Å². The van der Waals surface area contributed by atoms with E-state index in [1.54, 1.807) is 6.07 Å². The Kier molecular flexibility index (Phi) is 3.80. The van der Waals surface area contributed by atoms with Crippen LogP contribution in [0.5, 0.6) is 5.75 Å². The van der Waals surface area contributed by atoms with E-state index in [1.807, 2.05) is 6.07 Å². The fraction of sp³-hybridized carbons (Fsp3) is 0.538. The molecule has 2 N–H and O–H groups in total. The number of ether oxygens (including phenoxy) is 1. The van der Waals surface area contributed by atoms with E-state index in [9.17, 15) is 13.2 Å². The maximum Gasteiger partial charge on any atom is 0.573 e. The minimum atomic E-state index is -4.64. The molecule has 5 heteroatoms. The molecule has 1 aliphatic carbocycles. The molecule has 100 valence electrons. The molecule has 1 aromatic carbocycles. The van der Waals surface area contributed by atoms with E-state index in [1.165, 1.54) is 12.1 Å². The number of rotatable bonds is 2. The van der Waals surface area contributed by atoms with Gasteiger partial charge in [0.15, 0.2) is 0 Å². The first-order valence-electron chi connectivity index (χ1n) is 6.05. The molecule has 2 atom stereocenters. The quantitative estimate of drug-likeness (QED) is 0.881. The van der Waals surface area contributed by atoms with Crippen molar-refractivity contribution in [3.63, 3.8) is 0 Å². The third kappa shape index (κ3) is 3.63. The number of hydrogen-bond acceptors (Lipinski definition) is 2. The zero-order valence-electron chi connectivity index (χ0n) is 9.91. The fourth-order valence-corrected chi connectivity index (χ4v) is 2.50. The van der Waals surface area contributed by atoms with Crippen molar-refractivity contribution in [2.75, 3.05) is 0 Å². The van der Waals surface area contributed by atoms with Gasteiger partial charge in [-0.25, -0.2) is 0 Å². The van der Waals surface area contributed by atoms with Crippen molar-refractivity contribution in [1.82, 2.24) is 0 Å². The van der Waals surface area contributed by atoms with E-state index >= 15 is 0 Å². The summed E-state index contributed by atoms with van der Waals surface area (Å²) >= 11 is 0. The molecule has 2 nitrogen and oxygen atoms in total. The number of nitrogens with two attached hydrogens (primary N) is 1. The SMILES string of the molecule is N[C@@H]1CCC[C@H](c2cccc(OC(F)(F)F)c2)C1. The van der Waals surface area contributed by atoms with Crippen LogP contribution in [0.1, 0.15) is 37.2 Å². The van der Waals surface area contributed by atoms with Crippen LogP contribution in [0.25, 0.3) is 0 Å². The molecular formula is C13H16F3NO. The summed E-state index contributed by atoms with van der Waals surface area (Å²) < 4.78 is 40.3. The van der Waals surface area contributed by atoms with Crippen LogP contribution in [0.3, 0.4) is 0 Å². The van der Waals surface area contributed by atoms with Gasteiger partial charge < -0.3 is 10.5 Å². The van der Waals surface area contributed by atoms with Crippen LogP contribution in [0.4, 0.5) is 13.2 Å². The molecule has 0 amide bonds. The topological polar surface area (TPSA) is 35.2 Å². The van der Waals surface area contributed by atoms with Crippen molar-refractivity contribution in [3.8, 4) is 5.75 Å². The van der Waals surface area contributed by atoms with Gasteiger partial charge in [0.25, 0.3) is 0 Å². The van der Waals surface area contributed by atoms with Crippen LogP contribution in [-0.4, -0.2) is 12.4 Å². The monoisotopic (exact) mass is 259 g/mol. The van der Waals surface area contributed by atoms with Gasteiger partial charge in [-0.3, -0.25) is 0 Å². The Labute approximate surface area is 104 Å². The van der Waals surface area contributed by atoms with Gasteiger partial charge in [-0.05, 0) is 42.9 Å². The Hall–Kier alpha value is -1.23. The zero-order valence-corrected chi connectivity index (χ0v) is 9.91. The molecule has 0 spiro atoms. The van der Waals surface area contributed by atoms with Crippen LogP contribution in [0, 0.1) is 0 Å². The first kappa shape index (κ1) is 13.2. The van der Waals surface area contributed by atoms with E-state index in [2.05, 4.69) is 4.74 Å². The molecule has 1 aliphatic rings. The number of benzene rings is 1. The molecule has 0 aromatic heterocycles. The predicted octanol–water partition coefficient (Wildman–Crippen LogP) is 3.57. The van der Waals surface area contributed by atoms with E-state index in [4.69, 9.17) is 5.73 Å². The highest BCUT2D eigenvalue weighted by atomic mass is 19.4. The second-order valence-electron chi connectivity index (χ2n) is 4.74. The Morgan fingerprint density at radius 2 is 2.00 bits per heavy atom. The smallest absolute Gasteiger partial charge is 0.406 e. The lowest BCUT2D eigenvalue weighted by atomic mass is 9.82. The van der Waals surface area contributed by atoms with E-state index < -0.39 is 6.36 Å². The maximum atomic E-state index is 12.1. The Morgan fingerprint density at radius 1 is 1.22 bits per heavy atom. The molecular weight excluding hydrogens is 243 g/mol. The third-order valence-corrected chi connectivity index (χ3v) is 3.28. The standard InChI is InChI=1S/C13H16F3NO/c14-13(15,16)18-12-6-2-4-10(8-12)9-3-1-5-11(17)7-9/h2,4,6,8-9,11H,1,3,5,7,17H2/t9-,11+/m0/s1. The van der Waals surface area contributed by atoms with Gasteiger partial charge in [-0.1, -0.05) is 18.6 Å². The van der Waals surface area contributed by atoms with Gasteiger partial charge in [0.05, 0.1) is 0 Å². The largest absolute Gasteiger partial charge is 0.573 e. The van der Waals surface area contributed by atoms with Gasteiger partial charge in [0.1, 0.15) is 5.75 Å². The Morgan fingerprint density at radius 3 is 2.67 bits per heavy atom. The van der Waals surface area contributed by atoms with Crippen molar-refractivity contribution >= 4 is 0 Å². The lowest BCUT2D eigenvalue weighted by Crippen LogP contribution is -2.26.